The fourth-order valence-electron chi connectivity index (χ4n) is 3.50. The number of hydrogen-bond acceptors (Lipinski definition) is 6. The van der Waals surface area contributed by atoms with Gasteiger partial charge in [0.2, 0.25) is 11.9 Å². The van der Waals surface area contributed by atoms with Crippen LogP contribution in [0.1, 0.15) is 12.8 Å². The van der Waals surface area contributed by atoms with E-state index in [2.05, 4.69) is 20.2 Å². The highest BCUT2D eigenvalue weighted by Gasteiger charge is 2.42. The second-order valence-electron chi connectivity index (χ2n) is 6.29. The summed E-state index contributed by atoms with van der Waals surface area (Å²) in [5, 5.41) is 3.33. The third-order valence-corrected chi connectivity index (χ3v) is 4.84. The average molecular weight is 319 g/mol. The normalized spacial score (nSPS) is 21.3. The molecule has 23 heavy (non-hydrogen) atoms. The fraction of sp³-hybridized carbons (Fsp3) is 0.688. The number of nitrogens with zero attached hydrogens (tertiary/aromatic N) is 4. The summed E-state index contributed by atoms with van der Waals surface area (Å²) in [4.78, 5) is 25.8. The summed E-state index contributed by atoms with van der Waals surface area (Å²) < 4.78 is 5.38. The second-order valence-corrected chi connectivity index (χ2v) is 6.29. The van der Waals surface area contributed by atoms with E-state index in [-0.39, 0.29) is 11.3 Å². The van der Waals surface area contributed by atoms with E-state index in [0.29, 0.717) is 6.61 Å². The van der Waals surface area contributed by atoms with Crippen LogP contribution in [-0.2, 0) is 9.53 Å². The number of ether oxygens (including phenoxy) is 1. The number of aromatic nitrogens is 2. The van der Waals surface area contributed by atoms with Crippen molar-refractivity contribution >= 4 is 11.9 Å². The lowest BCUT2D eigenvalue weighted by molar-refractivity contribution is -0.147. The van der Waals surface area contributed by atoms with Crippen LogP contribution in [0.25, 0.3) is 0 Å². The number of anilines is 1. The highest BCUT2D eigenvalue weighted by Crippen LogP contribution is 2.32. The van der Waals surface area contributed by atoms with Crippen molar-refractivity contribution in [2.24, 2.45) is 5.41 Å². The number of nitrogens with one attached hydrogen (secondary N) is 1. The molecular weight excluding hydrogens is 294 g/mol. The van der Waals surface area contributed by atoms with Crippen LogP contribution < -0.4 is 10.2 Å². The molecule has 2 aliphatic heterocycles. The molecule has 0 radical (unpaired) electrons. The van der Waals surface area contributed by atoms with Gasteiger partial charge in [-0.2, -0.15) is 0 Å². The van der Waals surface area contributed by atoms with Crippen molar-refractivity contribution < 1.29 is 9.53 Å². The first-order valence-corrected chi connectivity index (χ1v) is 8.26. The molecule has 126 valence electrons. The van der Waals surface area contributed by atoms with E-state index in [1.165, 1.54) is 0 Å². The van der Waals surface area contributed by atoms with Gasteiger partial charge >= 0.3 is 0 Å². The zero-order valence-corrected chi connectivity index (χ0v) is 13.7. The molecule has 3 heterocycles. The lowest BCUT2D eigenvalue weighted by Gasteiger charge is -2.42. The van der Waals surface area contributed by atoms with Crippen molar-refractivity contribution in [2.45, 2.75) is 12.8 Å². The number of carbonyl (C=O) groups excluding carboxylic acids is 1. The van der Waals surface area contributed by atoms with Crippen LogP contribution in [0.2, 0.25) is 0 Å². The highest BCUT2D eigenvalue weighted by atomic mass is 16.5. The summed E-state index contributed by atoms with van der Waals surface area (Å²) >= 11 is 0. The van der Waals surface area contributed by atoms with Gasteiger partial charge in [0.1, 0.15) is 0 Å². The van der Waals surface area contributed by atoms with E-state index in [4.69, 9.17) is 4.74 Å². The van der Waals surface area contributed by atoms with Crippen molar-refractivity contribution in [2.75, 3.05) is 57.9 Å². The summed E-state index contributed by atoms with van der Waals surface area (Å²) in [7, 11) is 1.68. The molecule has 0 unspecified atom stereocenters. The Balaban J connectivity index is 1.63. The number of piperazine rings is 1. The largest absolute Gasteiger partial charge is 0.384 e. The van der Waals surface area contributed by atoms with Gasteiger partial charge < -0.3 is 19.9 Å². The molecule has 0 aromatic carbocycles. The molecule has 0 atom stereocenters. The van der Waals surface area contributed by atoms with Crippen LogP contribution in [0, 0.1) is 5.41 Å². The van der Waals surface area contributed by atoms with E-state index in [1.807, 2.05) is 11.0 Å². The van der Waals surface area contributed by atoms with Crippen LogP contribution in [-0.4, -0.2) is 73.8 Å². The molecule has 7 nitrogen and oxygen atoms in total. The van der Waals surface area contributed by atoms with Gasteiger partial charge in [-0.25, -0.2) is 9.97 Å². The minimum Gasteiger partial charge on any atom is -0.384 e. The topological polar surface area (TPSA) is 70.6 Å². The van der Waals surface area contributed by atoms with E-state index in [1.54, 1.807) is 19.5 Å². The third-order valence-electron chi connectivity index (χ3n) is 4.84. The Morgan fingerprint density at radius 2 is 1.87 bits per heavy atom. The average Bonchev–Trinajstić information content (AvgIpc) is 2.63. The van der Waals surface area contributed by atoms with Crippen molar-refractivity contribution in [3.8, 4) is 0 Å². The third kappa shape index (κ3) is 3.45. The SMILES string of the molecule is COCC1(C(=O)N2CCN(c3ncccn3)CC2)CCNCC1. The number of piperidine rings is 1. The summed E-state index contributed by atoms with van der Waals surface area (Å²) in [6.45, 7) is 5.26. The van der Waals surface area contributed by atoms with Crippen molar-refractivity contribution in [3.05, 3.63) is 18.5 Å². The molecule has 1 N–H and O–H groups in total. The van der Waals surface area contributed by atoms with Crippen molar-refractivity contribution in [1.82, 2.24) is 20.2 Å². The number of carbonyl (C=O) groups is 1. The first-order valence-electron chi connectivity index (χ1n) is 8.26. The van der Waals surface area contributed by atoms with Gasteiger partial charge in [0, 0.05) is 45.7 Å². The van der Waals surface area contributed by atoms with E-state index in [9.17, 15) is 4.79 Å². The molecular formula is C16H25N5O2. The maximum absolute atomic E-state index is 13.1. The molecule has 1 aromatic rings. The Bertz CT molecular complexity index is 505. The van der Waals surface area contributed by atoms with Gasteiger partial charge in [-0.3, -0.25) is 4.79 Å². The minimum absolute atomic E-state index is 0.245. The number of methoxy groups -OCH3 is 1. The first-order chi connectivity index (χ1) is 11.2. The molecule has 2 saturated heterocycles. The van der Waals surface area contributed by atoms with Crippen LogP contribution in [0.4, 0.5) is 5.95 Å². The fourth-order valence-corrected chi connectivity index (χ4v) is 3.50. The molecule has 1 aromatic heterocycles. The Kier molecular flexibility index (Phi) is 5.07. The van der Waals surface area contributed by atoms with Crippen molar-refractivity contribution in [1.29, 1.82) is 0 Å². The Morgan fingerprint density at radius 1 is 1.22 bits per heavy atom. The highest BCUT2D eigenvalue weighted by molar-refractivity contribution is 5.83. The first kappa shape index (κ1) is 16.1. The van der Waals surface area contributed by atoms with Gasteiger partial charge in [0.15, 0.2) is 0 Å². The van der Waals surface area contributed by atoms with Crippen LogP contribution in [0.5, 0.6) is 0 Å². The quantitative estimate of drug-likeness (QED) is 0.851. The monoisotopic (exact) mass is 319 g/mol. The van der Waals surface area contributed by atoms with Gasteiger partial charge in [-0.05, 0) is 32.0 Å². The van der Waals surface area contributed by atoms with Gasteiger partial charge in [0.05, 0.1) is 12.0 Å². The maximum Gasteiger partial charge on any atom is 0.231 e. The zero-order chi connectivity index (χ0) is 16.1. The van der Waals surface area contributed by atoms with E-state index in [0.717, 1.165) is 58.1 Å². The maximum atomic E-state index is 13.1. The molecule has 0 aliphatic carbocycles. The Hall–Kier alpha value is -1.73. The predicted octanol–water partition coefficient (Wildman–Crippen LogP) is 0.141. The molecule has 3 rings (SSSR count). The van der Waals surface area contributed by atoms with Crippen molar-refractivity contribution in [3.63, 3.8) is 0 Å². The lowest BCUT2D eigenvalue weighted by Crippen LogP contribution is -2.56. The second kappa shape index (κ2) is 7.23. The number of amides is 1. The lowest BCUT2D eigenvalue weighted by atomic mass is 9.78. The molecule has 7 heteroatoms. The standard InChI is InChI=1S/C16H25N5O2/c1-23-13-16(3-7-17-8-4-16)14(22)20-9-11-21(12-10-20)15-18-5-2-6-19-15/h2,5-6,17H,3-4,7-13H2,1H3. The molecule has 0 saturated carbocycles. The predicted molar refractivity (Wildman–Crippen MR) is 87.2 cm³/mol. The van der Waals surface area contributed by atoms with Gasteiger partial charge in [-0.1, -0.05) is 0 Å². The zero-order valence-electron chi connectivity index (χ0n) is 13.7. The number of rotatable bonds is 4. The van der Waals surface area contributed by atoms with Gasteiger partial charge in [-0.15, -0.1) is 0 Å². The summed E-state index contributed by atoms with van der Waals surface area (Å²) in [5.41, 5.74) is -0.356. The molecule has 1 amide bonds. The Morgan fingerprint density at radius 3 is 2.48 bits per heavy atom. The molecule has 0 spiro atoms. The van der Waals surface area contributed by atoms with E-state index >= 15 is 0 Å². The molecule has 2 aliphatic rings. The Labute approximate surface area is 137 Å². The van der Waals surface area contributed by atoms with Crippen LogP contribution in [0.3, 0.4) is 0 Å². The minimum atomic E-state index is -0.356. The van der Waals surface area contributed by atoms with Crippen LogP contribution >= 0.6 is 0 Å². The summed E-state index contributed by atoms with van der Waals surface area (Å²) in [6.07, 6.45) is 5.20. The number of hydrogen-bond donors (Lipinski definition) is 1. The summed E-state index contributed by atoms with van der Waals surface area (Å²) in [5.74, 6) is 0.988. The summed E-state index contributed by atoms with van der Waals surface area (Å²) in [6, 6.07) is 1.81. The molecule has 2 fully saturated rings. The van der Waals surface area contributed by atoms with Gasteiger partial charge in [0.25, 0.3) is 0 Å². The van der Waals surface area contributed by atoms with Crippen LogP contribution in [0.15, 0.2) is 18.5 Å². The molecule has 0 bridgehead atoms. The smallest absolute Gasteiger partial charge is 0.231 e. The van der Waals surface area contributed by atoms with E-state index < -0.39 is 0 Å².